The van der Waals surface area contributed by atoms with Gasteiger partial charge < -0.3 is 19.3 Å². The van der Waals surface area contributed by atoms with Crippen LogP contribution in [0.3, 0.4) is 0 Å². The van der Waals surface area contributed by atoms with Crippen LogP contribution in [0.5, 0.6) is 11.5 Å². The van der Waals surface area contributed by atoms with Crippen LogP contribution < -0.4 is 9.47 Å². The standard InChI is InChI=1S/C22H25N3O2/c1-24-11-8-16(9-12-24)18-5-7-22-23-19(10-13-25(22)15-18)17-4-6-20(26-2)21(14-17)27-3/h4-8,10,14-15H,9,11-13H2,1-3H3. The Kier molecular flexibility index (Phi) is 4.86. The molecule has 0 spiro atoms. The minimum atomic E-state index is 0.717. The first kappa shape index (κ1) is 17.6. The summed E-state index contributed by atoms with van der Waals surface area (Å²) in [5, 5.41) is 0. The highest BCUT2D eigenvalue weighted by Gasteiger charge is 2.20. The average molecular weight is 363 g/mol. The van der Waals surface area contributed by atoms with Crippen molar-refractivity contribution >= 4 is 11.5 Å². The normalized spacial score (nSPS) is 19.6. The van der Waals surface area contributed by atoms with Crippen molar-refractivity contribution in [2.45, 2.75) is 6.42 Å². The van der Waals surface area contributed by atoms with Crippen LogP contribution in [-0.2, 0) is 0 Å². The fourth-order valence-corrected chi connectivity index (χ4v) is 3.54. The number of ether oxygens (including phenoxy) is 2. The molecule has 0 N–H and O–H groups in total. The fourth-order valence-electron chi connectivity index (χ4n) is 3.54. The number of nitrogens with zero attached hydrogens (tertiary/aromatic N) is 3. The maximum Gasteiger partial charge on any atom is 0.161 e. The molecule has 140 valence electrons. The Balaban J connectivity index is 1.55. The number of rotatable bonds is 4. The molecule has 0 saturated carbocycles. The molecular formula is C22H25N3O2. The topological polar surface area (TPSA) is 37.3 Å². The summed E-state index contributed by atoms with van der Waals surface area (Å²) in [6, 6.07) is 5.91. The van der Waals surface area contributed by atoms with Crippen LogP contribution in [-0.4, -0.2) is 56.5 Å². The van der Waals surface area contributed by atoms with Crippen LogP contribution in [0.4, 0.5) is 0 Å². The van der Waals surface area contributed by atoms with Gasteiger partial charge in [-0.1, -0.05) is 6.08 Å². The van der Waals surface area contributed by atoms with Crippen molar-refractivity contribution in [1.82, 2.24) is 9.80 Å². The molecule has 3 aliphatic rings. The molecular weight excluding hydrogens is 338 g/mol. The molecule has 3 aliphatic heterocycles. The van der Waals surface area contributed by atoms with Crippen molar-refractivity contribution < 1.29 is 9.47 Å². The van der Waals surface area contributed by atoms with Crippen molar-refractivity contribution in [3.63, 3.8) is 0 Å². The highest BCUT2D eigenvalue weighted by atomic mass is 16.5. The first-order chi connectivity index (χ1) is 13.2. The minimum absolute atomic E-state index is 0.717. The van der Waals surface area contributed by atoms with Crippen LogP contribution in [0.2, 0.25) is 0 Å². The van der Waals surface area contributed by atoms with Crippen LogP contribution >= 0.6 is 0 Å². The van der Waals surface area contributed by atoms with Gasteiger partial charge in [-0.05, 0) is 61.0 Å². The van der Waals surface area contributed by atoms with Gasteiger partial charge in [0.25, 0.3) is 0 Å². The predicted molar refractivity (Wildman–Crippen MR) is 109 cm³/mol. The van der Waals surface area contributed by atoms with Crippen LogP contribution in [0.1, 0.15) is 12.0 Å². The molecule has 4 rings (SSSR count). The van der Waals surface area contributed by atoms with Gasteiger partial charge >= 0.3 is 0 Å². The predicted octanol–water partition coefficient (Wildman–Crippen LogP) is 3.47. The molecule has 5 nitrogen and oxygen atoms in total. The Morgan fingerprint density at radius 2 is 1.85 bits per heavy atom. The summed E-state index contributed by atoms with van der Waals surface area (Å²) in [5.41, 5.74) is 4.71. The largest absolute Gasteiger partial charge is 0.493 e. The third-order valence-corrected chi connectivity index (χ3v) is 5.18. The summed E-state index contributed by atoms with van der Waals surface area (Å²) >= 11 is 0. The Bertz CT molecular complexity index is 893. The van der Waals surface area contributed by atoms with Crippen molar-refractivity contribution in [3.8, 4) is 11.5 Å². The van der Waals surface area contributed by atoms with E-state index in [1.165, 1.54) is 11.1 Å². The smallest absolute Gasteiger partial charge is 0.161 e. The second-order valence-corrected chi connectivity index (χ2v) is 6.94. The summed E-state index contributed by atoms with van der Waals surface area (Å²) in [4.78, 5) is 9.39. The van der Waals surface area contributed by atoms with Gasteiger partial charge in [0.05, 0.1) is 19.9 Å². The third kappa shape index (κ3) is 3.55. The summed E-state index contributed by atoms with van der Waals surface area (Å²) in [6.45, 7) is 2.94. The van der Waals surface area contributed by atoms with E-state index in [0.717, 1.165) is 48.9 Å². The van der Waals surface area contributed by atoms with Gasteiger partial charge in [0, 0.05) is 31.4 Å². The van der Waals surface area contributed by atoms with Gasteiger partial charge in [-0.3, -0.25) is 0 Å². The second-order valence-electron chi connectivity index (χ2n) is 6.94. The van der Waals surface area contributed by atoms with E-state index in [-0.39, 0.29) is 0 Å². The van der Waals surface area contributed by atoms with Crippen LogP contribution in [0.25, 0.3) is 5.70 Å². The summed E-state index contributed by atoms with van der Waals surface area (Å²) in [5.74, 6) is 2.41. The van der Waals surface area contributed by atoms with Crippen molar-refractivity contribution in [1.29, 1.82) is 0 Å². The average Bonchev–Trinajstić information content (AvgIpc) is 2.73. The molecule has 0 radical (unpaired) electrons. The van der Waals surface area contributed by atoms with Gasteiger partial charge in [0.15, 0.2) is 11.5 Å². The minimum Gasteiger partial charge on any atom is -0.493 e. The van der Waals surface area contributed by atoms with Crippen LogP contribution in [0.15, 0.2) is 64.8 Å². The number of aliphatic imine (C=N–C) groups is 1. The van der Waals surface area contributed by atoms with Crippen LogP contribution in [0, 0.1) is 0 Å². The molecule has 3 heterocycles. The first-order valence-corrected chi connectivity index (χ1v) is 9.23. The lowest BCUT2D eigenvalue weighted by atomic mass is 9.98. The summed E-state index contributed by atoms with van der Waals surface area (Å²) < 4.78 is 10.7. The number of hydrogen-bond acceptors (Lipinski definition) is 5. The lowest BCUT2D eigenvalue weighted by Gasteiger charge is -2.29. The Morgan fingerprint density at radius 3 is 2.59 bits per heavy atom. The number of hydrogen-bond donors (Lipinski definition) is 0. The van der Waals surface area contributed by atoms with E-state index in [2.05, 4.69) is 47.4 Å². The van der Waals surface area contributed by atoms with Crippen molar-refractivity contribution in [2.24, 2.45) is 4.99 Å². The van der Waals surface area contributed by atoms with E-state index in [9.17, 15) is 0 Å². The van der Waals surface area contributed by atoms with E-state index >= 15 is 0 Å². The molecule has 0 aromatic heterocycles. The van der Waals surface area contributed by atoms with Gasteiger partial charge in [0.1, 0.15) is 5.84 Å². The molecule has 0 atom stereocenters. The zero-order valence-electron chi connectivity index (χ0n) is 16.1. The van der Waals surface area contributed by atoms with Crippen molar-refractivity contribution in [2.75, 3.05) is 40.9 Å². The quantitative estimate of drug-likeness (QED) is 0.821. The van der Waals surface area contributed by atoms with Gasteiger partial charge in [-0.2, -0.15) is 0 Å². The lowest BCUT2D eigenvalue weighted by Crippen LogP contribution is -2.30. The van der Waals surface area contributed by atoms with Gasteiger partial charge in [-0.15, -0.1) is 0 Å². The third-order valence-electron chi connectivity index (χ3n) is 5.18. The number of fused-ring (bicyclic) bond motifs is 1. The maximum absolute atomic E-state index is 5.42. The van der Waals surface area contributed by atoms with Gasteiger partial charge in [-0.25, -0.2) is 4.99 Å². The first-order valence-electron chi connectivity index (χ1n) is 9.23. The molecule has 1 aromatic carbocycles. The molecule has 1 aromatic rings. The highest BCUT2D eigenvalue weighted by molar-refractivity contribution is 6.00. The summed E-state index contributed by atoms with van der Waals surface area (Å²) in [7, 11) is 5.46. The summed E-state index contributed by atoms with van der Waals surface area (Å²) in [6.07, 6.45) is 12.1. The Labute approximate surface area is 160 Å². The Morgan fingerprint density at radius 1 is 1.00 bits per heavy atom. The number of amidine groups is 1. The van der Waals surface area contributed by atoms with Gasteiger partial charge in [0.2, 0.25) is 0 Å². The zero-order valence-corrected chi connectivity index (χ0v) is 16.1. The molecule has 27 heavy (non-hydrogen) atoms. The maximum atomic E-state index is 5.42. The van der Waals surface area contributed by atoms with Crippen molar-refractivity contribution in [3.05, 3.63) is 65.4 Å². The van der Waals surface area contributed by atoms with E-state index in [1.54, 1.807) is 14.2 Å². The Hall–Kier alpha value is -2.79. The van der Waals surface area contributed by atoms with E-state index in [1.807, 2.05) is 18.2 Å². The lowest BCUT2D eigenvalue weighted by molar-refractivity contribution is 0.355. The molecule has 0 fully saturated rings. The molecule has 5 heteroatoms. The van der Waals surface area contributed by atoms with E-state index in [4.69, 9.17) is 14.5 Å². The number of methoxy groups -OCH3 is 2. The highest BCUT2D eigenvalue weighted by Crippen LogP contribution is 2.32. The SMILES string of the molecule is COc1ccc(C2=CCN3C=C(C4=CCN(C)CC4)C=CC3=N2)cc1OC. The molecule has 0 saturated heterocycles. The monoisotopic (exact) mass is 363 g/mol. The van der Waals surface area contributed by atoms with E-state index in [0.29, 0.717) is 5.75 Å². The molecule has 0 amide bonds. The fraction of sp³-hybridized carbons (Fsp3) is 0.318. The number of allylic oxidation sites excluding steroid dienone is 2. The number of benzene rings is 1. The molecule has 0 bridgehead atoms. The molecule has 0 aliphatic carbocycles. The zero-order chi connectivity index (χ0) is 18.8. The molecule has 0 unspecified atom stereocenters. The number of likely N-dealkylation sites (N-methyl/N-ethyl adjacent to an activating group) is 1. The second kappa shape index (κ2) is 7.45. The van der Waals surface area contributed by atoms with E-state index < -0.39 is 0 Å².